The zero-order valence-corrected chi connectivity index (χ0v) is 13.1. The van der Waals surface area contributed by atoms with Gasteiger partial charge in [0.1, 0.15) is 11.5 Å². The van der Waals surface area contributed by atoms with Crippen molar-refractivity contribution in [2.45, 2.75) is 0 Å². The van der Waals surface area contributed by atoms with Gasteiger partial charge in [0, 0.05) is 11.1 Å². The van der Waals surface area contributed by atoms with E-state index in [1.54, 1.807) is 14.2 Å². The van der Waals surface area contributed by atoms with Crippen molar-refractivity contribution in [3.05, 3.63) is 46.2 Å². The molecule has 1 aromatic heterocycles. The topological polar surface area (TPSA) is 39.2 Å². The minimum absolute atomic E-state index is 0.568. The van der Waals surface area contributed by atoms with Crippen molar-refractivity contribution >= 4 is 34.9 Å². The fourth-order valence-electron chi connectivity index (χ4n) is 2.29. The Balaban J connectivity index is 2.36. The Kier molecular flexibility index (Phi) is 3.61. The lowest BCUT2D eigenvalue weighted by Crippen LogP contribution is -1.99. The van der Waals surface area contributed by atoms with Gasteiger partial charge < -0.3 is 14.5 Å². The average molecular weight is 321 g/mol. The van der Waals surface area contributed by atoms with Gasteiger partial charge in [0.2, 0.25) is 0 Å². The normalized spacial score (nSPS) is 10.8. The van der Waals surface area contributed by atoms with Gasteiger partial charge in [-0.15, -0.1) is 0 Å². The first-order valence-corrected chi connectivity index (χ1v) is 7.05. The van der Waals surface area contributed by atoms with Gasteiger partial charge >= 0.3 is 0 Å². The monoisotopic (exact) mass is 320 g/mol. The number of hydrogen-bond acceptors (Lipinski definition) is 3. The maximum absolute atomic E-state index is 6.10. The molecule has 2 aromatic carbocycles. The number of ether oxygens (including phenoxy) is 2. The third-order valence-corrected chi connectivity index (χ3v) is 3.79. The Morgan fingerprint density at radius 1 is 1.10 bits per heavy atom. The highest BCUT2D eigenvalue weighted by molar-refractivity contribution is 7.71. The fraction of sp³-hybridized carbons (Fsp3) is 0.133. The number of nitrogens with zero attached hydrogens (tertiary/aromatic N) is 1. The van der Waals surface area contributed by atoms with Gasteiger partial charge in [-0.2, -0.15) is 0 Å². The van der Waals surface area contributed by atoms with E-state index in [0.717, 1.165) is 22.5 Å². The van der Waals surface area contributed by atoms with E-state index in [9.17, 15) is 0 Å². The van der Waals surface area contributed by atoms with Crippen molar-refractivity contribution in [2.24, 2.45) is 0 Å². The van der Waals surface area contributed by atoms with Gasteiger partial charge in [-0.05, 0) is 42.5 Å². The number of halogens is 1. The Hall–Kier alpha value is -1.98. The summed E-state index contributed by atoms with van der Waals surface area (Å²) in [6.07, 6.45) is 0. The number of fused-ring (bicyclic) bond motifs is 1. The van der Waals surface area contributed by atoms with Gasteiger partial charge in [-0.3, -0.25) is 4.57 Å². The molecule has 3 aromatic rings. The third kappa shape index (κ3) is 2.39. The summed E-state index contributed by atoms with van der Waals surface area (Å²) in [6, 6.07) is 11.1. The molecule has 1 heterocycles. The second-order valence-corrected chi connectivity index (χ2v) is 5.29. The SMILES string of the molecule is COc1ccc(OC)c(-n2c(=S)[nH]c3ccc(Cl)cc32)c1. The maximum atomic E-state index is 6.10. The zero-order chi connectivity index (χ0) is 15.0. The van der Waals surface area contributed by atoms with Crippen LogP contribution in [-0.4, -0.2) is 23.8 Å². The summed E-state index contributed by atoms with van der Waals surface area (Å²) < 4.78 is 13.2. The van der Waals surface area contributed by atoms with Gasteiger partial charge in [0.05, 0.1) is 30.9 Å². The standard InChI is InChI=1S/C15H13ClN2O2S/c1-19-10-4-6-14(20-2)13(8-10)18-12-7-9(16)3-5-11(12)17-15(18)21/h3-8H,1-2H3,(H,17,21). The highest BCUT2D eigenvalue weighted by Gasteiger charge is 2.12. The molecule has 0 fully saturated rings. The van der Waals surface area contributed by atoms with Crippen LogP contribution in [-0.2, 0) is 0 Å². The van der Waals surface area contributed by atoms with Crippen LogP contribution in [0, 0.1) is 4.77 Å². The van der Waals surface area contributed by atoms with Crippen LogP contribution >= 0.6 is 23.8 Å². The first-order chi connectivity index (χ1) is 10.1. The van der Waals surface area contributed by atoms with E-state index in [4.69, 9.17) is 33.3 Å². The number of aromatic nitrogens is 2. The van der Waals surface area contributed by atoms with Crippen molar-refractivity contribution in [3.63, 3.8) is 0 Å². The molecule has 21 heavy (non-hydrogen) atoms. The summed E-state index contributed by atoms with van der Waals surface area (Å²) in [5, 5.41) is 0.645. The molecule has 0 unspecified atom stereocenters. The lowest BCUT2D eigenvalue weighted by atomic mass is 10.2. The van der Waals surface area contributed by atoms with Gasteiger partial charge in [-0.25, -0.2) is 0 Å². The van der Waals surface area contributed by atoms with E-state index in [1.165, 1.54) is 0 Å². The third-order valence-electron chi connectivity index (χ3n) is 3.27. The first kappa shape index (κ1) is 14.0. The van der Waals surface area contributed by atoms with Crippen molar-refractivity contribution in [3.8, 4) is 17.2 Å². The fourth-order valence-corrected chi connectivity index (χ4v) is 2.76. The molecule has 3 rings (SSSR count). The molecule has 0 saturated carbocycles. The molecular formula is C15H13ClN2O2S. The minimum Gasteiger partial charge on any atom is -0.497 e. The molecular weight excluding hydrogens is 308 g/mol. The molecule has 0 aliphatic carbocycles. The highest BCUT2D eigenvalue weighted by Crippen LogP contribution is 2.31. The van der Waals surface area contributed by atoms with Crippen LogP contribution in [0.3, 0.4) is 0 Å². The number of methoxy groups -OCH3 is 2. The van der Waals surface area contributed by atoms with Gasteiger partial charge in [-0.1, -0.05) is 11.6 Å². The summed E-state index contributed by atoms with van der Waals surface area (Å²) in [4.78, 5) is 3.16. The van der Waals surface area contributed by atoms with Gasteiger partial charge in [0.25, 0.3) is 0 Å². The summed E-state index contributed by atoms with van der Waals surface area (Å²) in [5.41, 5.74) is 2.60. The molecule has 6 heteroatoms. The van der Waals surface area contributed by atoms with Crippen LogP contribution in [0.25, 0.3) is 16.7 Å². The number of imidazole rings is 1. The number of aromatic amines is 1. The maximum Gasteiger partial charge on any atom is 0.182 e. The van der Waals surface area contributed by atoms with E-state index in [1.807, 2.05) is 41.0 Å². The lowest BCUT2D eigenvalue weighted by molar-refractivity contribution is 0.401. The highest BCUT2D eigenvalue weighted by atomic mass is 35.5. The molecule has 0 aliphatic heterocycles. The second-order valence-electron chi connectivity index (χ2n) is 4.46. The molecule has 1 N–H and O–H groups in total. The Bertz CT molecular complexity index is 870. The van der Waals surface area contributed by atoms with E-state index in [2.05, 4.69) is 4.98 Å². The van der Waals surface area contributed by atoms with E-state index < -0.39 is 0 Å². The zero-order valence-electron chi connectivity index (χ0n) is 11.5. The van der Waals surface area contributed by atoms with E-state index >= 15 is 0 Å². The number of H-pyrrole nitrogens is 1. The molecule has 0 saturated heterocycles. The average Bonchev–Trinajstić information content (AvgIpc) is 2.81. The van der Waals surface area contributed by atoms with E-state index in [-0.39, 0.29) is 0 Å². The van der Waals surface area contributed by atoms with E-state index in [0.29, 0.717) is 15.5 Å². The summed E-state index contributed by atoms with van der Waals surface area (Å²) in [6.45, 7) is 0. The van der Waals surface area contributed by atoms with Crippen molar-refractivity contribution in [1.82, 2.24) is 9.55 Å². The van der Waals surface area contributed by atoms with Crippen molar-refractivity contribution < 1.29 is 9.47 Å². The Morgan fingerprint density at radius 3 is 2.62 bits per heavy atom. The quantitative estimate of drug-likeness (QED) is 0.729. The molecule has 108 valence electrons. The summed E-state index contributed by atoms with van der Waals surface area (Å²) in [5.74, 6) is 1.43. The number of hydrogen-bond donors (Lipinski definition) is 1. The van der Waals surface area contributed by atoms with Crippen LogP contribution < -0.4 is 9.47 Å². The summed E-state index contributed by atoms with van der Waals surface area (Å²) in [7, 11) is 3.24. The largest absolute Gasteiger partial charge is 0.497 e. The molecule has 0 bridgehead atoms. The number of rotatable bonds is 3. The smallest absolute Gasteiger partial charge is 0.182 e. The molecule has 0 amide bonds. The Labute approximate surface area is 131 Å². The predicted molar refractivity (Wildman–Crippen MR) is 86.6 cm³/mol. The molecule has 0 spiro atoms. The predicted octanol–water partition coefficient (Wildman–Crippen LogP) is 4.36. The first-order valence-electron chi connectivity index (χ1n) is 6.26. The second kappa shape index (κ2) is 5.42. The molecule has 4 nitrogen and oxygen atoms in total. The van der Waals surface area contributed by atoms with Crippen LogP contribution in [0.1, 0.15) is 0 Å². The lowest BCUT2D eigenvalue weighted by Gasteiger charge is -2.12. The molecule has 0 atom stereocenters. The molecule has 0 radical (unpaired) electrons. The summed E-state index contributed by atoms with van der Waals surface area (Å²) >= 11 is 11.5. The number of benzene rings is 2. The van der Waals surface area contributed by atoms with Crippen LogP contribution in [0.5, 0.6) is 11.5 Å². The van der Waals surface area contributed by atoms with Gasteiger partial charge in [0.15, 0.2) is 4.77 Å². The Morgan fingerprint density at radius 2 is 1.90 bits per heavy atom. The number of nitrogens with one attached hydrogen (secondary N) is 1. The minimum atomic E-state index is 0.568. The van der Waals surface area contributed by atoms with Crippen LogP contribution in [0.4, 0.5) is 0 Å². The van der Waals surface area contributed by atoms with Crippen LogP contribution in [0.2, 0.25) is 5.02 Å². The van der Waals surface area contributed by atoms with Crippen molar-refractivity contribution in [2.75, 3.05) is 14.2 Å². The van der Waals surface area contributed by atoms with Crippen molar-refractivity contribution in [1.29, 1.82) is 0 Å². The van der Waals surface area contributed by atoms with Crippen LogP contribution in [0.15, 0.2) is 36.4 Å². The molecule has 0 aliphatic rings.